The Bertz CT molecular complexity index is 278. The average Bonchev–Trinajstić information content (AvgIpc) is 2.30. The minimum atomic E-state index is -0.915. The molecule has 0 aliphatic carbocycles. The molecule has 0 spiro atoms. The van der Waals surface area contributed by atoms with E-state index in [1.165, 1.54) is 10.9 Å². The van der Waals surface area contributed by atoms with Crippen LogP contribution < -0.4 is 0 Å². The first-order valence-electron chi connectivity index (χ1n) is 3.40. The van der Waals surface area contributed by atoms with Crippen LogP contribution in [0.4, 0.5) is 0 Å². The summed E-state index contributed by atoms with van der Waals surface area (Å²) >= 11 is 0. The number of aromatic nitrogens is 2. The number of hydrogen-bond donors (Lipinski definition) is 1. The van der Waals surface area contributed by atoms with Gasteiger partial charge in [-0.1, -0.05) is 6.92 Å². The molecule has 60 valence electrons. The molecule has 1 aromatic rings. The van der Waals surface area contributed by atoms with Crippen LogP contribution >= 0.6 is 0 Å². The molecule has 0 fully saturated rings. The van der Waals surface area contributed by atoms with E-state index in [0.717, 1.165) is 0 Å². The zero-order valence-corrected chi connectivity index (χ0v) is 6.53. The van der Waals surface area contributed by atoms with Crippen molar-refractivity contribution in [3.8, 4) is 0 Å². The van der Waals surface area contributed by atoms with Crippen LogP contribution in [-0.2, 0) is 13.5 Å². The Morgan fingerprint density at radius 3 is 2.82 bits per heavy atom. The van der Waals surface area contributed by atoms with Crippen molar-refractivity contribution in [2.75, 3.05) is 0 Å². The van der Waals surface area contributed by atoms with Crippen molar-refractivity contribution in [1.29, 1.82) is 0 Å². The van der Waals surface area contributed by atoms with Gasteiger partial charge in [-0.15, -0.1) is 0 Å². The molecular weight excluding hydrogens is 144 g/mol. The topological polar surface area (TPSA) is 55.1 Å². The maximum absolute atomic E-state index is 10.6. The van der Waals surface area contributed by atoms with Crippen LogP contribution in [0.3, 0.4) is 0 Å². The third kappa shape index (κ3) is 1.24. The molecule has 1 heterocycles. The van der Waals surface area contributed by atoms with E-state index in [0.29, 0.717) is 12.1 Å². The summed E-state index contributed by atoms with van der Waals surface area (Å²) < 4.78 is 1.52. The van der Waals surface area contributed by atoms with Crippen LogP contribution in [0, 0.1) is 0 Å². The second-order valence-corrected chi connectivity index (χ2v) is 2.31. The summed E-state index contributed by atoms with van der Waals surface area (Å²) in [6, 6.07) is 0. The van der Waals surface area contributed by atoms with Crippen LogP contribution in [0.25, 0.3) is 0 Å². The van der Waals surface area contributed by atoms with Gasteiger partial charge in [0, 0.05) is 7.05 Å². The number of imidazole rings is 1. The molecule has 0 radical (unpaired) electrons. The molecule has 1 rings (SSSR count). The van der Waals surface area contributed by atoms with Crippen molar-refractivity contribution in [3.63, 3.8) is 0 Å². The van der Waals surface area contributed by atoms with E-state index >= 15 is 0 Å². The Hall–Kier alpha value is -1.32. The molecule has 0 aliphatic heterocycles. The predicted molar refractivity (Wildman–Crippen MR) is 39.5 cm³/mol. The Kier molecular flexibility index (Phi) is 1.94. The predicted octanol–water partition coefficient (Wildman–Crippen LogP) is 0.681. The maximum atomic E-state index is 10.6. The number of nitrogens with zero attached hydrogens (tertiary/aromatic N) is 2. The summed E-state index contributed by atoms with van der Waals surface area (Å²) in [6.45, 7) is 1.88. The van der Waals surface area contributed by atoms with Crippen LogP contribution in [0.15, 0.2) is 6.33 Å². The zero-order chi connectivity index (χ0) is 8.43. The summed E-state index contributed by atoms with van der Waals surface area (Å²) in [7, 11) is 1.68. The molecule has 1 aromatic heterocycles. The fourth-order valence-corrected chi connectivity index (χ4v) is 1.01. The number of carbonyl (C=O) groups is 1. The van der Waals surface area contributed by atoms with E-state index in [1.54, 1.807) is 7.05 Å². The SMILES string of the molecule is CCc1ncn(C)c1C(=O)O. The van der Waals surface area contributed by atoms with Gasteiger partial charge in [-0.05, 0) is 6.42 Å². The summed E-state index contributed by atoms with van der Waals surface area (Å²) in [6.07, 6.45) is 2.17. The number of hydrogen-bond acceptors (Lipinski definition) is 2. The molecule has 0 saturated heterocycles. The summed E-state index contributed by atoms with van der Waals surface area (Å²) in [5.41, 5.74) is 0.924. The molecular formula is C7H10N2O2. The van der Waals surface area contributed by atoms with Crippen molar-refractivity contribution >= 4 is 5.97 Å². The highest BCUT2D eigenvalue weighted by Crippen LogP contribution is 2.05. The van der Waals surface area contributed by atoms with Crippen molar-refractivity contribution in [1.82, 2.24) is 9.55 Å². The molecule has 0 bridgehead atoms. The summed E-state index contributed by atoms with van der Waals surface area (Å²) in [5, 5.41) is 8.71. The second-order valence-electron chi connectivity index (χ2n) is 2.31. The van der Waals surface area contributed by atoms with Gasteiger partial charge in [0.15, 0.2) is 0 Å². The Morgan fingerprint density at radius 1 is 1.82 bits per heavy atom. The molecule has 0 aromatic carbocycles. The monoisotopic (exact) mass is 154 g/mol. The van der Waals surface area contributed by atoms with Crippen molar-refractivity contribution < 1.29 is 9.90 Å². The Balaban J connectivity index is 3.17. The van der Waals surface area contributed by atoms with E-state index in [2.05, 4.69) is 4.98 Å². The van der Waals surface area contributed by atoms with E-state index in [9.17, 15) is 4.79 Å². The molecule has 4 nitrogen and oxygen atoms in total. The fraction of sp³-hybridized carbons (Fsp3) is 0.429. The third-order valence-corrected chi connectivity index (χ3v) is 1.55. The fourth-order valence-electron chi connectivity index (χ4n) is 1.01. The van der Waals surface area contributed by atoms with E-state index in [4.69, 9.17) is 5.11 Å². The summed E-state index contributed by atoms with van der Waals surface area (Å²) in [5.74, 6) is -0.915. The van der Waals surface area contributed by atoms with E-state index < -0.39 is 5.97 Å². The molecule has 0 unspecified atom stereocenters. The minimum absolute atomic E-state index is 0.285. The van der Waals surface area contributed by atoms with E-state index in [-0.39, 0.29) is 5.69 Å². The first kappa shape index (κ1) is 7.78. The van der Waals surface area contributed by atoms with Gasteiger partial charge in [0.25, 0.3) is 0 Å². The van der Waals surface area contributed by atoms with Gasteiger partial charge in [-0.2, -0.15) is 0 Å². The van der Waals surface area contributed by atoms with Crippen molar-refractivity contribution in [2.45, 2.75) is 13.3 Å². The molecule has 0 amide bonds. The summed E-state index contributed by atoms with van der Waals surface area (Å²) in [4.78, 5) is 14.5. The normalized spacial score (nSPS) is 10.0. The highest BCUT2D eigenvalue weighted by molar-refractivity contribution is 5.86. The standard InChI is InChI=1S/C7H10N2O2/c1-3-5-6(7(10)11)9(2)4-8-5/h4H,3H2,1-2H3,(H,10,11). The highest BCUT2D eigenvalue weighted by atomic mass is 16.4. The van der Waals surface area contributed by atoms with Crippen LogP contribution in [-0.4, -0.2) is 20.6 Å². The second kappa shape index (κ2) is 2.74. The van der Waals surface area contributed by atoms with Gasteiger partial charge < -0.3 is 9.67 Å². The van der Waals surface area contributed by atoms with Crippen LogP contribution in [0.1, 0.15) is 23.1 Å². The zero-order valence-electron chi connectivity index (χ0n) is 6.53. The van der Waals surface area contributed by atoms with Gasteiger partial charge >= 0.3 is 5.97 Å². The molecule has 4 heteroatoms. The lowest BCUT2D eigenvalue weighted by Crippen LogP contribution is -2.06. The van der Waals surface area contributed by atoms with Crippen molar-refractivity contribution in [3.05, 3.63) is 17.7 Å². The van der Waals surface area contributed by atoms with Gasteiger partial charge in [0.2, 0.25) is 0 Å². The highest BCUT2D eigenvalue weighted by Gasteiger charge is 2.13. The van der Waals surface area contributed by atoms with Gasteiger partial charge in [0.05, 0.1) is 12.0 Å². The third-order valence-electron chi connectivity index (χ3n) is 1.55. The molecule has 0 saturated carbocycles. The first-order valence-corrected chi connectivity index (χ1v) is 3.40. The van der Waals surface area contributed by atoms with Gasteiger partial charge in [0.1, 0.15) is 5.69 Å². The lowest BCUT2D eigenvalue weighted by molar-refractivity contribution is 0.0685. The first-order chi connectivity index (χ1) is 5.16. The average molecular weight is 154 g/mol. The molecule has 0 aliphatic rings. The molecule has 11 heavy (non-hydrogen) atoms. The number of carboxylic acid groups (broad SMARTS) is 1. The lowest BCUT2D eigenvalue weighted by Gasteiger charge is -1.96. The van der Waals surface area contributed by atoms with Gasteiger partial charge in [-0.3, -0.25) is 0 Å². The largest absolute Gasteiger partial charge is 0.477 e. The number of aryl methyl sites for hydroxylation is 2. The van der Waals surface area contributed by atoms with E-state index in [1.807, 2.05) is 6.92 Å². The number of carboxylic acids is 1. The smallest absolute Gasteiger partial charge is 0.354 e. The number of rotatable bonds is 2. The maximum Gasteiger partial charge on any atom is 0.354 e. The number of aromatic carboxylic acids is 1. The lowest BCUT2D eigenvalue weighted by atomic mass is 10.2. The molecule has 0 atom stereocenters. The minimum Gasteiger partial charge on any atom is -0.477 e. The van der Waals surface area contributed by atoms with Crippen LogP contribution in [0.2, 0.25) is 0 Å². The quantitative estimate of drug-likeness (QED) is 0.681. The molecule has 1 N–H and O–H groups in total. The Morgan fingerprint density at radius 2 is 2.45 bits per heavy atom. The Labute approximate surface area is 64.5 Å². The van der Waals surface area contributed by atoms with Crippen LogP contribution in [0.5, 0.6) is 0 Å². The van der Waals surface area contributed by atoms with Gasteiger partial charge in [-0.25, -0.2) is 9.78 Å². The van der Waals surface area contributed by atoms with Crippen molar-refractivity contribution in [2.24, 2.45) is 7.05 Å².